The summed E-state index contributed by atoms with van der Waals surface area (Å²) in [6.07, 6.45) is 0.461. The summed E-state index contributed by atoms with van der Waals surface area (Å²) in [4.78, 5) is 11.4. The van der Waals surface area contributed by atoms with Crippen LogP contribution in [0.3, 0.4) is 0 Å². The van der Waals surface area contributed by atoms with E-state index in [0.29, 0.717) is 12.2 Å². The Labute approximate surface area is 103 Å². The molecule has 0 saturated heterocycles. The second-order valence-corrected chi connectivity index (χ2v) is 5.07. The molecule has 0 atom stereocenters. The van der Waals surface area contributed by atoms with Gasteiger partial charge in [-0.15, -0.1) is 0 Å². The summed E-state index contributed by atoms with van der Waals surface area (Å²) in [7, 11) is 1.60. The van der Waals surface area contributed by atoms with Crippen LogP contribution in [0.5, 0.6) is 5.75 Å². The first-order chi connectivity index (χ1) is 7.88. The lowest BCUT2D eigenvalue weighted by molar-refractivity contribution is -0.115. The Morgan fingerprint density at radius 2 is 2.00 bits per heavy atom. The molecule has 0 aliphatic heterocycles. The minimum atomic E-state index is -0.00522. The van der Waals surface area contributed by atoms with Crippen molar-refractivity contribution in [2.45, 2.75) is 39.5 Å². The van der Waals surface area contributed by atoms with Crippen LogP contribution < -0.4 is 10.1 Å². The number of carbonyl (C=O) groups excluding carboxylic acids is 1. The first-order valence-electron chi connectivity index (χ1n) is 5.87. The van der Waals surface area contributed by atoms with Gasteiger partial charge in [0.05, 0.1) is 12.8 Å². The quantitative estimate of drug-likeness (QED) is 0.872. The smallest absolute Gasteiger partial charge is 0.224 e. The molecule has 1 rings (SSSR count). The van der Waals surface area contributed by atoms with E-state index in [-0.39, 0.29) is 11.3 Å². The Bertz CT molecular complexity index is 405. The van der Waals surface area contributed by atoms with E-state index in [0.717, 1.165) is 5.69 Å². The first-order valence-corrected chi connectivity index (χ1v) is 5.87. The number of methoxy groups -OCH3 is 1. The first kappa shape index (κ1) is 13.6. The van der Waals surface area contributed by atoms with Crippen molar-refractivity contribution in [1.29, 1.82) is 0 Å². The number of ether oxygens (including phenoxy) is 1. The van der Waals surface area contributed by atoms with Gasteiger partial charge in [-0.2, -0.15) is 0 Å². The molecule has 0 bridgehead atoms. The highest BCUT2D eigenvalue weighted by Crippen LogP contribution is 2.31. The molecule has 0 heterocycles. The van der Waals surface area contributed by atoms with Crippen molar-refractivity contribution in [2.24, 2.45) is 0 Å². The molecule has 1 amide bonds. The van der Waals surface area contributed by atoms with Gasteiger partial charge in [0.25, 0.3) is 0 Å². The Kier molecular flexibility index (Phi) is 4.16. The molecule has 17 heavy (non-hydrogen) atoms. The number of hydrogen-bond acceptors (Lipinski definition) is 2. The van der Waals surface area contributed by atoms with Crippen LogP contribution in [0.2, 0.25) is 0 Å². The van der Waals surface area contributed by atoms with E-state index in [2.05, 4.69) is 26.1 Å². The zero-order valence-electron chi connectivity index (χ0n) is 11.3. The van der Waals surface area contributed by atoms with Gasteiger partial charge in [0, 0.05) is 6.42 Å². The SMILES string of the molecule is CCC(=O)Nc1cc(C(C)(C)C)ccc1OC. The van der Waals surface area contributed by atoms with Crippen molar-refractivity contribution in [2.75, 3.05) is 12.4 Å². The lowest BCUT2D eigenvalue weighted by Crippen LogP contribution is -2.14. The molecule has 0 saturated carbocycles. The van der Waals surface area contributed by atoms with E-state index in [1.54, 1.807) is 7.11 Å². The molecular formula is C14H21NO2. The van der Waals surface area contributed by atoms with Crippen LogP contribution in [0, 0.1) is 0 Å². The van der Waals surface area contributed by atoms with E-state index in [1.165, 1.54) is 5.56 Å². The Balaban J connectivity index is 3.11. The monoisotopic (exact) mass is 235 g/mol. The van der Waals surface area contributed by atoms with Crippen molar-refractivity contribution in [3.05, 3.63) is 23.8 Å². The number of amides is 1. The second-order valence-electron chi connectivity index (χ2n) is 5.07. The number of carbonyl (C=O) groups is 1. The van der Waals surface area contributed by atoms with Gasteiger partial charge in [0.15, 0.2) is 0 Å². The summed E-state index contributed by atoms with van der Waals surface area (Å²) < 4.78 is 5.24. The summed E-state index contributed by atoms with van der Waals surface area (Å²) in [5.74, 6) is 0.689. The van der Waals surface area contributed by atoms with Gasteiger partial charge in [0.2, 0.25) is 5.91 Å². The van der Waals surface area contributed by atoms with E-state index < -0.39 is 0 Å². The highest BCUT2D eigenvalue weighted by Gasteiger charge is 2.16. The van der Waals surface area contributed by atoms with Gasteiger partial charge in [-0.05, 0) is 23.1 Å². The van der Waals surface area contributed by atoms with E-state index in [9.17, 15) is 4.79 Å². The summed E-state index contributed by atoms with van der Waals surface area (Å²) >= 11 is 0. The molecule has 3 heteroatoms. The van der Waals surface area contributed by atoms with Crippen molar-refractivity contribution >= 4 is 11.6 Å². The summed E-state index contributed by atoms with van der Waals surface area (Å²) in [5.41, 5.74) is 1.97. The van der Waals surface area contributed by atoms with Crippen molar-refractivity contribution in [3.8, 4) is 5.75 Å². The molecule has 0 aliphatic carbocycles. The maximum absolute atomic E-state index is 11.4. The van der Waals surface area contributed by atoms with Gasteiger partial charge in [-0.1, -0.05) is 33.8 Å². The highest BCUT2D eigenvalue weighted by atomic mass is 16.5. The molecular weight excluding hydrogens is 214 g/mol. The zero-order chi connectivity index (χ0) is 13.1. The zero-order valence-corrected chi connectivity index (χ0v) is 11.3. The molecule has 94 valence electrons. The highest BCUT2D eigenvalue weighted by molar-refractivity contribution is 5.92. The van der Waals surface area contributed by atoms with E-state index in [4.69, 9.17) is 4.74 Å². The molecule has 0 radical (unpaired) electrons. The Hall–Kier alpha value is -1.51. The molecule has 0 unspecified atom stereocenters. The molecule has 0 fully saturated rings. The summed E-state index contributed by atoms with van der Waals surface area (Å²) in [6, 6.07) is 5.90. The minimum Gasteiger partial charge on any atom is -0.495 e. The number of nitrogens with one attached hydrogen (secondary N) is 1. The molecule has 0 spiro atoms. The maximum Gasteiger partial charge on any atom is 0.224 e. The van der Waals surface area contributed by atoms with Crippen LogP contribution in [0.4, 0.5) is 5.69 Å². The average molecular weight is 235 g/mol. The molecule has 1 aromatic rings. The van der Waals surface area contributed by atoms with Crippen LogP contribution in [0.15, 0.2) is 18.2 Å². The fourth-order valence-electron chi connectivity index (χ4n) is 1.51. The summed E-state index contributed by atoms with van der Waals surface area (Å²) in [5, 5.41) is 2.86. The van der Waals surface area contributed by atoms with Gasteiger partial charge in [-0.3, -0.25) is 4.79 Å². The van der Waals surface area contributed by atoms with Gasteiger partial charge in [0.1, 0.15) is 5.75 Å². The fraction of sp³-hybridized carbons (Fsp3) is 0.500. The number of hydrogen-bond donors (Lipinski definition) is 1. The lowest BCUT2D eigenvalue weighted by Gasteiger charge is -2.21. The number of anilines is 1. The largest absolute Gasteiger partial charge is 0.495 e. The van der Waals surface area contributed by atoms with Crippen LogP contribution in [-0.4, -0.2) is 13.0 Å². The predicted molar refractivity (Wildman–Crippen MR) is 70.6 cm³/mol. The number of rotatable bonds is 3. The third-order valence-corrected chi connectivity index (χ3v) is 2.66. The van der Waals surface area contributed by atoms with Gasteiger partial charge >= 0.3 is 0 Å². The van der Waals surface area contributed by atoms with Gasteiger partial charge < -0.3 is 10.1 Å². The second kappa shape index (κ2) is 5.21. The molecule has 1 aromatic carbocycles. The van der Waals surface area contributed by atoms with Crippen molar-refractivity contribution in [1.82, 2.24) is 0 Å². The standard InChI is InChI=1S/C14H21NO2/c1-6-13(16)15-11-9-10(14(2,3)4)7-8-12(11)17-5/h7-9H,6H2,1-5H3,(H,15,16). The predicted octanol–water partition coefficient (Wildman–Crippen LogP) is 3.34. The maximum atomic E-state index is 11.4. The minimum absolute atomic E-state index is 0.00522. The average Bonchev–Trinajstić information content (AvgIpc) is 2.27. The topological polar surface area (TPSA) is 38.3 Å². The third-order valence-electron chi connectivity index (χ3n) is 2.66. The van der Waals surface area contributed by atoms with Crippen molar-refractivity contribution < 1.29 is 9.53 Å². The molecule has 0 aliphatic rings. The normalized spacial score (nSPS) is 11.1. The van der Waals surface area contributed by atoms with Gasteiger partial charge in [-0.25, -0.2) is 0 Å². The van der Waals surface area contributed by atoms with E-state index in [1.807, 2.05) is 25.1 Å². The van der Waals surface area contributed by atoms with Crippen LogP contribution >= 0.6 is 0 Å². The molecule has 3 nitrogen and oxygen atoms in total. The Morgan fingerprint density at radius 3 is 2.47 bits per heavy atom. The number of benzene rings is 1. The van der Waals surface area contributed by atoms with Crippen LogP contribution in [0.25, 0.3) is 0 Å². The van der Waals surface area contributed by atoms with E-state index >= 15 is 0 Å². The lowest BCUT2D eigenvalue weighted by atomic mass is 9.87. The van der Waals surface area contributed by atoms with Crippen molar-refractivity contribution in [3.63, 3.8) is 0 Å². The van der Waals surface area contributed by atoms with Crippen LogP contribution in [-0.2, 0) is 10.2 Å². The fourth-order valence-corrected chi connectivity index (χ4v) is 1.51. The third kappa shape index (κ3) is 3.48. The Morgan fingerprint density at radius 1 is 1.35 bits per heavy atom. The molecule has 1 N–H and O–H groups in total. The summed E-state index contributed by atoms with van der Waals surface area (Å²) in [6.45, 7) is 8.25. The molecule has 0 aromatic heterocycles. The van der Waals surface area contributed by atoms with Crippen LogP contribution in [0.1, 0.15) is 39.7 Å².